The molecule has 1 aromatic carbocycles. The molecule has 2 N–H and O–H groups in total. The lowest BCUT2D eigenvalue weighted by atomic mass is 10.1. The highest BCUT2D eigenvalue weighted by Crippen LogP contribution is 2.11. The lowest BCUT2D eigenvalue weighted by Gasteiger charge is -2.05. The first-order valence-corrected chi connectivity index (χ1v) is 7.30. The normalized spacial score (nSPS) is 9.81. The molecule has 0 unspecified atom stereocenters. The van der Waals surface area contributed by atoms with E-state index in [9.17, 15) is 4.79 Å². The molecule has 0 aliphatic rings. The van der Waals surface area contributed by atoms with E-state index < -0.39 is 0 Å². The summed E-state index contributed by atoms with van der Waals surface area (Å²) < 4.78 is 3.81. The van der Waals surface area contributed by atoms with E-state index >= 15 is 0 Å². The van der Waals surface area contributed by atoms with Crippen LogP contribution in [0, 0.1) is 11.8 Å². The number of aliphatic hydroxyl groups excluding tert-OH is 1. The number of hydrogen-bond acceptors (Lipinski definition) is 5. The fraction of sp³-hybridized carbons (Fsp3) is 0.267. The van der Waals surface area contributed by atoms with Crippen LogP contribution in [-0.2, 0) is 13.0 Å². The number of benzene rings is 1. The van der Waals surface area contributed by atoms with Crippen molar-refractivity contribution in [1.82, 2.24) is 14.9 Å². The molecule has 21 heavy (non-hydrogen) atoms. The summed E-state index contributed by atoms with van der Waals surface area (Å²) in [5.74, 6) is 5.28. The minimum absolute atomic E-state index is 0.159. The molecule has 2 rings (SSSR count). The van der Waals surface area contributed by atoms with Crippen molar-refractivity contribution in [2.75, 3.05) is 6.61 Å². The summed E-state index contributed by atoms with van der Waals surface area (Å²) in [5, 5.41) is 15.5. The van der Waals surface area contributed by atoms with Crippen molar-refractivity contribution in [3.8, 4) is 11.8 Å². The van der Waals surface area contributed by atoms with Gasteiger partial charge in [0, 0.05) is 12.1 Å². The van der Waals surface area contributed by atoms with Gasteiger partial charge in [-0.3, -0.25) is 4.79 Å². The highest BCUT2D eigenvalue weighted by Gasteiger charge is 2.14. The van der Waals surface area contributed by atoms with Crippen LogP contribution in [0.1, 0.15) is 33.4 Å². The van der Waals surface area contributed by atoms with E-state index in [1.807, 2.05) is 31.2 Å². The van der Waals surface area contributed by atoms with Gasteiger partial charge in [0.25, 0.3) is 5.91 Å². The summed E-state index contributed by atoms with van der Waals surface area (Å²) in [7, 11) is 0. The van der Waals surface area contributed by atoms with Crippen molar-refractivity contribution in [2.45, 2.75) is 19.9 Å². The van der Waals surface area contributed by atoms with Crippen LogP contribution in [0.15, 0.2) is 24.3 Å². The second-order valence-corrected chi connectivity index (χ2v) is 5.00. The predicted molar refractivity (Wildman–Crippen MR) is 80.9 cm³/mol. The van der Waals surface area contributed by atoms with Gasteiger partial charge in [-0.1, -0.05) is 35.4 Å². The molecular formula is C15H15N3O2S. The van der Waals surface area contributed by atoms with Crippen molar-refractivity contribution < 1.29 is 9.90 Å². The molecule has 0 atom stereocenters. The van der Waals surface area contributed by atoms with E-state index in [0.717, 1.165) is 28.4 Å². The van der Waals surface area contributed by atoms with Gasteiger partial charge < -0.3 is 10.4 Å². The number of rotatable bonds is 4. The SMILES string of the molecule is CCc1nnsc1C(=O)NCc1cccc(C#CCO)c1. The molecule has 1 heterocycles. The Morgan fingerprint density at radius 1 is 1.48 bits per heavy atom. The maximum atomic E-state index is 12.1. The van der Waals surface area contributed by atoms with E-state index in [2.05, 4.69) is 26.7 Å². The number of aliphatic hydroxyl groups is 1. The van der Waals surface area contributed by atoms with Crippen LogP contribution in [0.3, 0.4) is 0 Å². The fourth-order valence-electron chi connectivity index (χ4n) is 1.78. The number of carbonyl (C=O) groups is 1. The molecule has 1 amide bonds. The van der Waals surface area contributed by atoms with Gasteiger partial charge in [-0.05, 0) is 35.6 Å². The number of aromatic nitrogens is 2. The summed E-state index contributed by atoms with van der Waals surface area (Å²) >= 11 is 1.11. The lowest BCUT2D eigenvalue weighted by Crippen LogP contribution is -2.22. The summed E-state index contributed by atoms with van der Waals surface area (Å²) in [6.45, 7) is 2.19. The highest BCUT2D eigenvalue weighted by molar-refractivity contribution is 7.08. The van der Waals surface area contributed by atoms with Gasteiger partial charge in [-0.2, -0.15) is 0 Å². The fourth-order valence-corrected chi connectivity index (χ4v) is 2.44. The number of amides is 1. The van der Waals surface area contributed by atoms with E-state index in [4.69, 9.17) is 5.11 Å². The zero-order valence-electron chi connectivity index (χ0n) is 11.6. The van der Waals surface area contributed by atoms with Gasteiger partial charge in [0.15, 0.2) is 0 Å². The Kier molecular flexibility index (Phi) is 5.43. The molecule has 0 saturated carbocycles. The second-order valence-electron chi connectivity index (χ2n) is 4.25. The van der Waals surface area contributed by atoms with Crippen LogP contribution < -0.4 is 5.32 Å². The largest absolute Gasteiger partial charge is 0.384 e. The van der Waals surface area contributed by atoms with Crippen LogP contribution in [0.4, 0.5) is 0 Å². The zero-order valence-corrected chi connectivity index (χ0v) is 12.4. The third-order valence-corrected chi connectivity index (χ3v) is 3.56. The van der Waals surface area contributed by atoms with Crippen LogP contribution >= 0.6 is 11.5 Å². The van der Waals surface area contributed by atoms with Crippen LogP contribution in [0.5, 0.6) is 0 Å². The Bertz CT molecular complexity index is 685. The van der Waals surface area contributed by atoms with Crippen LogP contribution in [0.2, 0.25) is 0 Å². The van der Waals surface area contributed by atoms with Crippen LogP contribution in [0.25, 0.3) is 0 Å². The Morgan fingerprint density at radius 2 is 2.33 bits per heavy atom. The number of carbonyl (C=O) groups excluding carboxylic acids is 1. The average molecular weight is 301 g/mol. The first-order chi connectivity index (χ1) is 10.2. The molecular weight excluding hydrogens is 286 g/mol. The minimum atomic E-state index is -0.168. The lowest BCUT2D eigenvalue weighted by molar-refractivity contribution is 0.0954. The van der Waals surface area contributed by atoms with E-state index in [1.165, 1.54) is 0 Å². The van der Waals surface area contributed by atoms with Gasteiger partial charge in [0.2, 0.25) is 0 Å². The molecule has 0 aliphatic heterocycles. The Hall–Kier alpha value is -2.23. The number of nitrogens with one attached hydrogen (secondary N) is 1. The van der Waals surface area contributed by atoms with E-state index in [-0.39, 0.29) is 12.5 Å². The summed E-state index contributed by atoms with van der Waals surface area (Å²) in [6.07, 6.45) is 0.686. The van der Waals surface area contributed by atoms with Crippen molar-refractivity contribution >= 4 is 17.4 Å². The monoisotopic (exact) mass is 301 g/mol. The third kappa shape index (κ3) is 4.12. The van der Waals surface area contributed by atoms with Crippen molar-refractivity contribution in [3.63, 3.8) is 0 Å². The second kappa shape index (κ2) is 7.53. The Balaban J connectivity index is 2.01. The maximum absolute atomic E-state index is 12.1. The van der Waals surface area contributed by atoms with Crippen molar-refractivity contribution in [2.24, 2.45) is 0 Å². The third-order valence-electron chi connectivity index (χ3n) is 2.79. The maximum Gasteiger partial charge on any atom is 0.265 e. The minimum Gasteiger partial charge on any atom is -0.384 e. The Morgan fingerprint density at radius 3 is 3.10 bits per heavy atom. The van der Waals surface area contributed by atoms with E-state index in [1.54, 1.807) is 0 Å². The van der Waals surface area contributed by atoms with Gasteiger partial charge in [-0.15, -0.1) is 5.10 Å². The first kappa shape index (κ1) is 15.2. The van der Waals surface area contributed by atoms with Gasteiger partial charge in [0.05, 0.1) is 5.69 Å². The smallest absolute Gasteiger partial charge is 0.265 e. The van der Waals surface area contributed by atoms with Gasteiger partial charge in [-0.25, -0.2) is 0 Å². The molecule has 0 bridgehead atoms. The van der Waals surface area contributed by atoms with Gasteiger partial charge in [0.1, 0.15) is 11.5 Å². The van der Waals surface area contributed by atoms with E-state index in [0.29, 0.717) is 17.8 Å². The van der Waals surface area contributed by atoms with Crippen LogP contribution in [-0.4, -0.2) is 27.2 Å². The van der Waals surface area contributed by atoms with Crippen molar-refractivity contribution in [1.29, 1.82) is 0 Å². The molecule has 0 saturated heterocycles. The molecule has 1 aromatic heterocycles. The standard InChI is InChI=1S/C15H15N3O2S/c1-2-13-14(21-18-17-13)15(20)16-10-12-6-3-5-11(9-12)7-4-8-19/h3,5-6,9,19H,2,8,10H2,1H3,(H,16,20). The molecule has 2 aromatic rings. The Labute approximate surface area is 127 Å². The number of nitrogens with zero attached hydrogens (tertiary/aromatic N) is 2. The summed E-state index contributed by atoms with van der Waals surface area (Å²) in [5.41, 5.74) is 2.48. The number of aryl methyl sites for hydroxylation is 1. The first-order valence-electron chi connectivity index (χ1n) is 6.52. The zero-order chi connectivity index (χ0) is 15.1. The topological polar surface area (TPSA) is 75.1 Å². The quantitative estimate of drug-likeness (QED) is 0.837. The average Bonchev–Trinajstić information content (AvgIpc) is 2.99. The molecule has 0 radical (unpaired) electrons. The number of hydrogen-bond donors (Lipinski definition) is 2. The molecule has 5 nitrogen and oxygen atoms in total. The highest BCUT2D eigenvalue weighted by atomic mass is 32.1. The molecule has 6 heteroatoms. The van der Waals surface area contributed by atoms with Gasteiger partial charge >= 0.3 is 0 Å². The predicted octanol–water partition coefficient (Wildman–Crippen LogP) is 1.37. The summed E-state index contributed by atoms with van der Waals surface area (Å²) in [6, 6.07) is 7.52. The molecule has 0 aliphatic carbocycles. The molecule has 0 spiro atoms. The molecule has 0 fully saturated rings. The summed E-state index contributed by atoms with van der Waals surface area (Å²) in [4.78, 5) is 12.6. The van der Waals surface area contributed by atoms with Crippen molar-refractivity contribution in [3.05, 3.63) is 46.0 Å². The molecule has 108 valence electrons.